The largest absolute Gasteiger partial charge is 0.480 e. The lowest BCUT2D eigenvalue weighted by Gasteiger charge is -2.30. The quantitative estimate of drug-likeness (QED) is 0.575. The van der Waals surface area contributed by atoms with E-state index in [4.69, 9.17) is 10.8 Å². The van der Waals surface area contributed by atoms with Crippen molar-refractivity contribution in [2.45, 2.75) is 46.7 Å². The SMILES string of the molecule is CC(C)C(NC(N)=O)C(=O)N[C@H](C(=O)O)C(C)(C)C. The van der Waals surface area contributed by atoms with Crippen molar-refractivity contribution in [1.29, 1.82) is 0 Å². The highest BCUT2D eigenvalue weighted by molar-refractivity contribution is 5.90. The zero-order valence-electron chi connectivity index (χ0n) is 12.0. The first kappa shape index (κ1) is 17.2. The van der Waals surface area contributed by atoms with Crippen LogP contribution in [-0.4, -0.2) is 35.1 Å². The van der Waals surface area contributed by atoms with Crippen molar-refractivity contribution < 1.29 is 19.5 Å². The second-order valence-electron chi connectivity index (χ2n) is 5.88. The minimum Gasteiger partial charge on any atom is -0.480 e. The second kappa shape index (κ2) is 6.40. The molecule has 0 aliphatic carbocycles. The number of rotatable bonds is 5. The van der Waals surface area contributed by atoms with Crippen molar-refractivity contribution in [3.8, 4) is 0 Å². The van der Waals surface area contributed by atoms with Crippen molar-refractivity contribution in [2.24, 2.45) is 17.1 Å². The summed E-state index contributed by atoms with van der Waals surface area (Å²) in [6, 6.07) is -2.73. The molecule has 0 saturated carbocycles. The first-order valence-electron chi connectivity index (χ1n) is 6.06. The Morgan fingerprint density at radius 2 is 1.58 bits per heavy atom. The molecule has 3 amide bonds. The summed E-state index contributed by atoms with van der Waals surface area (Å²) in [7, 11) is 0. The average molecular weight is 273 g/mol. The maximum absolute atomic E-state index is 12.0. The molecule has 0 saturated heterocycles. The maximum Gasteiger partial charge on any atom is 0.326 e. The highest BCUT2D eigenvalue weighted by atomic mass is 16.4. The summed E-state index contributed by atoms with van der Waals surface area (Å²) < 4.78 is 0. The summed E-state index contributed by atoms with van der Waals surface area (Å²) in [5.74, 6) is -1.89. The van der Waals surface area contributed by atoms with E-state index in [2.05, 4.69) is 10.6 Å². The molecule has 2 atom stereocenters. The third-order valence-electron chi connectivity index (χ3n) is 2.65. The Labute approximate surface area is 112 Å². The Kier molecular flexibility index (Phi) is 5.80. The number of urea groups is 1. The van der Waals surface area contributed by atoms with E-state index in [1.165, 1.54) is 0 Å². The molecule has 0 fully saturated rings. The minimum atomic E-state index is -1.12. The average Bonchev–Trinajstić information content (AvgIpc) is 2.19. The summed E-state index contributed by atoms with van der Waals surface area (Å²) in [4.78, 5) is 34.1. The van der Waals surface area contributed by atoms with Gasteiger partial charge in [-0.3, -0.25) is 4.79 Å². The summed E-state index contributed by atoms with van der Waals surface area (Å²) in [6.45, 7) is 8.58. The van der Waals surface area contributed by atoms with Crippen LogP contribution in [-0.2, 0) is 9.59 Å². The predicted molar refractivity (Wildman–Crippen MR) is 70.4 cm³/mol. The molecule has 0 radical (unpaired) electrons. The number of hydrogen-bond acceptors (Lipinski definition) is 3. The number of hydrogen-bond donors (Lipinski definition) is 4. The number of carbonyl (C=O) groups excluding carboxylic acids is 2. The van der Waals surface area contributed by atoms with Crippen LogP contribution in [0, 0.1) is 11.3 Å². The van der Waals surface area contributed by atoms with E-state index in [0.29, 0.717) is 0 Å². The van der Waals surface area contributed by atoms with Crippen LogP contribution in [0.2, 0.25) is 0 Å². The van der Waals surface area contributed by atoms with Crippen molar-refractivity contribution in [2.75, 3.05) is 0 Å². The molecule has 0 bridgehead atoms. The summed E-state index contributed by atoms with van der Waals surface area (Å²) >= 11 is 0. The fourth-order valence-electron chi connectivity index (χ4n) is 1.57. The van der Waals surface area contributed by atoms with Crippen LogP contribution >= 0.6 is 0 Å². The lowest BCUT2D eigenvalue weighted by atomic mass is 9.86. The van der Waals surface area contributed by atoms with E-state index in [1.54, 1.807) is 34.6 Å². The fourth-order valence-corrected chi connectivity index (χ4v) is 1.57. The van der Waals surface area contributed by atoms with Gasteiger partial charge in [0.15, 0.2) is 0 Å². The van der Waals surface area contributed by atoms with Gasteiger partial charge in [-0.2, -0.15) is 0 Å². The molecule has 0 aliphatic rings. The Balaban J connectivity index is 4.97. The van der Waals surface area contributed by atoms with Gasteiger partial charge in [-0.25, -0.2) is 9.59 Å². The topological polar surface area (TPSA) is 122 Å². The smallest absolute Gasteiger partial charge is 0.326 e. The zero-order chi connectivity index (χ0) is 15.4. The van der Waals surface area contributed by atoms with Crippen LogP contribution in [0.1, 0.15) is 34.6 Å². The first-order valence-corrected chi connectivity index (χ1v) is 6.06. The third-order valence-corrected chi connectivity index (χ3v) is 2.65. The van der Waals surface area contributed by atoms with Crippen molar-refractivity contribution in [1.82, 2.24) is 10.6 Å². The zero-order valence-corrected chi connectivity index (χ0v) is 12.0. The molecule has 7 heteroatoms. The summed E-state index contributed by atoms with van der Waals surface area (Å²) in [5, 5.41) is 13.9. The molecule has 0 aromatic heterocycles. The number of amides is 3. The van der Waals surface area contributed by atoms with Crippen LogP contribution < -0.4 is 16.4 Å². The molecule has 0 rings (SSSR count). The molecular formula is C12H23N3O4. The highest BCUT2D eigenvalue weighted by Crippen LogP contribution is 2.19. The molecule has 0 aromatic carbocycles. The second-order valence-corrected chi connectivity index (χ2v) is 5.88. The van der Waals surface area contributed by atoms with Gasteiger partial charge < -0.3 is 21.5 Å². The Morgan fingerprint density at radius 3 is 1.84 bits per heavy atom. The van der Waals surface area contributed by atoms with E-state index in [1.807, 2.05) is 0 Å². The molecule has 110 valence electrons. The molecule has 0 heterocycles. The Bertz CT molecular complexity index is 360. The molecule has 1 unspecified atom stereocenters. The van der Waals surface area contributed by atoms with Gasteiger partial charge in [-0.05, 0) is 11.3 Å². The summed E-state index contributed by atoms with van der Waals surface area (Å²) in [5.41, 5.74) is 4.36. The molecule has 7 nitrogen and oxygen atoms in total. The van der Waals surface area contributed by atoms with E-state index in [9.17, 15) is 14.4 Å². The number of nitrogens with two attached hydrogens (primary N) is 1. The molecular weight excluding hydrogens is 250 g/mol. The van der Waals surface area contributed by atoms with Crippen molar-refractivity contribution >= 4 is 17.9 Å². The Morgan fingerprint density at radius 1 is 1.11 bits per heavy atom. The molecule has 0 aromatic rings. The van der Waals surface area contributed by atoms with Gasteiger partial charge in [0.25, 0.3) is 0 Å². The number of aliphatic carboxylic acids is 1. The Hall–Kier alpha value is -1.79. The van der Waals surface area contributed by atoms with Gasteiger partial charge in [0.1, 0.15) is 12.1 Å². The first-order chi connectivity index (χ1) is 8.46. The molecule has 19 heavy (non-hydrogen) atoms. The lowest BCUT2D eigenvalue weighted by Crippen LogP contribution is -2.57. The number of carbonyl (C=O) groups is 3. The van der Waals surface area contributed by atoms with E-state index < -0.39 is 35.4 Å². The van der Waals surface area contributed by atoms with E-state index in [0.717, 1.165) is 0 Å². The summed E-state index contributed by atoms with van der Waals surface area (Å²) in [6.07, 6.45) is 0. The van der Waals surface area contributed by atoms with Gasteiger partial charge in [0.05, 0.1) is 0 Å². The molecule has 5 N–H and O–H groups in total. The predicted octanol–water partition coefficient (Wildman–Crippen LogP) is 0.295. The van der Waals surface area contributed by atoms with Crippen molar-refractivity contribution in [3.63, 3.8) is 0 Å². The van der Waals surface area contributed by atoms with Gasteiger partial charge >= 0.3 is 12.0 Å². The number of primary amides is 1. The van der Waals surface area contributed by atoms with Gasteiger partial charge in [-0.15, -0.1) is 0 Å². The number of carboxylic acid groups (broad SMARTS) is 1. The van der Waals surface area contributed by atoms with Crippen LogP contribution in [0.5, 0.6) is 0 Å². The van der Waals surface area contributed by atoms with E-state index in [-0.39, 0.29) is 5.92 Å². The van der Waals surface area contributed by atoms with Crippen LogP contribution in [0.3, 0.4) is 0 Å². The van der Waals surface area contributed by atoms with Gasteiger partial charge in [-0.1, -0.05) is 34.6 Å². The van der Waals surface area contributed by atoms with Crippen LogP contribution in [0.15, 0.2) is 0 Å². The molecule has 0 spiro atoms. The monoisotopic (exact) mass is 273 g/mol. The van der Waals surface area contributed by atoms with Crippen LogP contribution in [0.25, 0.3) is 0 Å². The number of carboxylic acids is 1. The van der Waals surface area contributed by atoms with E-state index >= 15 is 0 Å². The minimum absolute atomic E-state index is 0.207. The number of nitrogens with one attached hydrogen (secondary N) is 2. The fraction of sp³-hybridized carbons (Fsp3) is 0.750. The molecule has 0 aliphatic heterocycles. The van der Waals surface area contributed by atoms with Crippen LogP contribution in [0.4, 0.5) is 4.79 Å². The standard InChI is InChI=1S/C12H23N3O4/c1-6(2)7(14-11(13)19)9(16)15-8(10(17)18)12(3,4)5/h6-8H,1-5H3,(H,15,16)(H,17,18)(H3,13,14,19)/t7?,8-/m1/s1. The van der Waals surface area contributed by atoms with Crippen molar-refractivity contribution in [3.05, 3.63) is 0 Å². The lowest BCUT2D eigenvalue weighted by molar-refractivity contribution is -0.145. The highest BCUT2D eigenvalue weighted by Gasteiger charge is 2.35. The maximum atomic E-state index is 12.0. The third kappa shape index (κ3) is 5.58. The van der Waals surface area contributed by atoms with Gasteiger partial charge in [0.2, 0.25) is 5.91 Å². The van der Waals surface area contributed by atoms with Gasteiger partial charge in [0, 0.05) is 0 Å². The normalized spacial score (nSPS) is 14.6.